The van der Waals surface area contributed by atoms with Gasteiger partial charge in [0.25, 0.3) is 11.5 Å². The van der Waals surface area contributed by atoms with Gasteiger partial charge >= 0.3 is 0 Å². The van der Waals surface area contributed by atoms with Gasteiger partial charge in [-0.3, -0.25) is 19.0 Å². The first-order valence-electron chi connectivity index (χ1n) is 7.79. The molecule has 1 unspecified atom stereocenters. The molecule has 0 radical (unpaired) electrons. The zero-order chi connectivity index (χ0) is 18.1. The van der Waals surface area contributed by atoms with E-state index in [4.69, 9.17) is 5.73 Å². The van der Waals surface area contributed by atoms with Crippen LogP contribution in [0.2, 0.25) is 0 Å². The molecular weight excluding hydrogens is 340 g/mol. The van der Waals surface area contributed by atoms with E-state index in [-0.39, 0.29) is 29.5 Å². The highest BCUT2D eigenvalue weighted by Crippen LogP contribution is 2.32. The number of aryl methyl sites for hydroxylation is 1. The van der Waals surface area contributed by atoms with Crippen molar-refractivity contribution in [3.8, 4) is 0 Å². The summed E-state index contributed by atoms with van der Waals surface area (Å²) in [5.74, 6) is -0.280. The van der Waals surface area contributed by atoms with E-state index < -0.39 is 5.91 Å². The number of primary amides is 1. The molecule has 1 atom stereocenters. The fourth-order valence-electron chi connectivity index (χ4n) is 2.75. The topological polar surface area (TPSA) is 107 Å². The lowest BCUT2D eigenvalue weighted by atomic mass is 10.1. The van der Waals surface area contributed by atoms with Crippen molar-refractivity contribution in [3.05, 3.63) is 51.4 Å². The Kier molecular flexibility index (Phi) is 4.63. The van der Waals surface area contributed by atoms with E-state index in [0.29, 0.717) is 27.9 Å². The Morgan fingerprint density at radius 2 is 2.08 bits per heavy atom. The van der Waals surface area contributed by atoms with Crippen LogP contribution in [-0.4, -0.2) is 27.1 Å². The molecule has 130 valence electrons. The molecule has 1 aromatic heterocycles. The van der Waals surface area contributed by atoms with Crippen LogP contribution in [0.25, 0.3) is 0 Å². The van der Waals surface area contributed by atoms with Gasteiger partial charge in [-0.15, -0.1) is 0 Å². The monoisotopic (exact) mass is 358 g/mol. The average molecular weight is 358 g/mol. The van der Waals surface area contributed by atoms with Crippen LogP contribution in [-0.2, 0) is 4.79 Å². The first-order chi connectivity index (χ1) is 11.9. The quantitative estimate of drug-likeness (QED) is 0.808. The van der Waals surface area contributed by atoms with Gasteiger partial charge in [0.15, 0.2) is 5.16 Å². The summed E-state index contributed by atoms with van der Waals surface area (Å²) in [6.07, 6.45) is 0.122. The van der Waals surface area contributed by atoms with Gasteiger partial charge in [0.05, 0.1) is 17.3 Å². The minimum Gasteiger partial charge on any atom is -0.366 e. The van der Waals surface area contributed by atoms with Gasteiger partial charge in [-0.2, -0.15) is 0 Å². The average Bonchev–Trinajstić information content (AvgIpc) is 2.95. The third kappa shape index (κ3) is 3.30. The largest absolute Gasteiger partial charge is 0.366 e. The van der Waals surface area contributed by atoms with Crippen LogP contribution in [0.1, 0.15) is 34.1 Å². The van der Waals surface area contributed by atoms with E-state index in [1.165, 1.54) is 11.8 Å². The Hall–Kier alpha value is -2.61. The Bertz CT molecular complexity index is 923. The number of carbonyl (C=O) groups is 2. The second kappa shape index (κ2) is 6.72. The summed E-state index contributed by atoms with van der Waals surface area (Å²) in [4.78, 5) is 40.8. The number of rotatable bonds is 4. The van der Waals surface area contributed by atoms with Gasteiger partial charge in [0.2, 0.25) is 5.91 Å². The molecule has 2 amide bonds. The van der Waals surface area contributed by atoms with Crippen LogP contribution in [0.3, 0.4) is 0 Å². The van der Waals surface area contributed by atoms with E-state index in [1.54, 1.807) is 42.7 Å². The van der Waals surface area contributed by atoms with Crippen LogP contribution >= 0.6 is 11.8 Å². The molecule has 7 nitrogen and oxygen atoms in total. The number of nitrogens with one attached hydrogen (secondary N) is 1. The fourth-order valence-corrected chi connectivity index (χ4v) is 3.93. The summed E-state index contributed by atoms with van der Waals surface area (Å²) < 4.78 is 1.59. The number of hydrogen-bond donors (Lipinski definition) is 2. The van der Waals surface area contributed by atoms with Gasteiger partial charge < -0.3 is 11.1 Å². The van der Waals surface area contributed by atoms with Crippen molar-refractivity contribution in [1.82, 2.24) is 9.55 Å². The van der Waals surface area contributed by atoms with Crippen molar-refractivity contribution >= 4 is 29.3 Å². The number of nitrogens with two attached hydrogens (primary N) is 1. The third-order valence-electron chi connectivity index (χ3n) is 4.21. The molecule has 1 aliphatic rings. The maximum Gasteiger partial charge on any atom is 0.257 e. The lowest BCUT2D eigenvalue weighted by Crippen LogP contribution is -2.30. The minimum absolute atomic E-state index is 0.108. The number of thioether (sulfide) groups is 1. The van der Waals surface area contributed by atoms with Crippen molar-refractivity contribution in [2.45, 2.75) is 31.5 Å². The number of fused-ring (bicyclic) bond motifs is 1. The SMILES string of the molecule is Cc1nc2n(c(=O)c1C)C(CC(=O)Nc1ccccc1C(N)=O)CS2. The van der Waals surface area contributed by atoms with Crippen molar-refractivity contribution in [3.63, 3.8) is 0 Å². The molecule has 8 heteroatoms. The predicted molar refractivity (Wildman–Crippen MR) is 95.9 cm³/mol. The van der Waals surface area contributed by atoms with Gasteiger partial charge in [-0.25, -0.2) is 4.98 Å². The smallest absolute Gasteiger partial charge is 0.257 e. The van der Waals surface area contributed by atoms with Crippen LogP contribution < -0.4 is 16.6 Å². The number of nitrogens with zero attached hydrogens (tertiary/aromatic N) is 2. The second-order valence-corrected chi connectivity index (χ2v) is 6.89. The van der Waals surface area contributed by atoms with Gasteiger partial charge in [-0.1, -0.05) is 23.9 Å². The molecule has 3 rings (SSSR count). The summed E-state index contributed by atoms with van der Waals surface area (Å²) in [5.41, 5.74) is 7.14. The minimum atomic E-state index is -0.607. The number of hydrogen-bond acceptors (Lipinski definition) is 5. The normalized spacial score (nSPS) is 15.7. The van der Waals surface area contributed by atoms with Crippen molar-refractivity contribution in [2.24, 2.45) is 5.73 Å². The number of anilines is 1. The first-order valence-corrected chi connectivity index (χ1v) is 8.78. The van der Waals surface area contributed by atoms with E-state index in [0.717, 1.165) is 0 Å². The molecule has 0 fully saturated rings. The Labute approximate surface area is 148 Å². The summed E-state index contributed by atoms with van der Waals surface area (Å²) in [7, 11) is 0. The van der Waals surface area contributed by atoms with E-state index in [1.807, 2.05) is 0 Å². The number of para-hydroxylation sites is 1. The molecule has 0 bridgehead atoms. The van der Waals surface area contributed by atoms with E-state index in [2.05, 4.69) is 10.3 Å². The molecule has 1 aromatic carbocycles. The number of benzene rings is 1. The first kappa shape index (κ1) is 17.2. The zero-order valence-corrected chi connectivity index (χ0v) is 14.7. The molecule has 2 aromatic rings. The third-order valence-corrected chi connectivity index (χ3v) is 5.31. The van der Waals surface area contributed by atoms with Crippen LogP contribution in [0.5, 0.6) is 0 Å². The lowest BCUT2D eigenvalue weighted by Gasteiger charge is -2.15. The molecule has 0 saturated carbocycles. The van der Waals surface area contributed by atoms with Crippen molar-refractivity contribution in [1.29, 1.82) is 0 Å². The number of aromatic nitrogens is 2. The molecule has 3 N–H and O–H groups in total. The maximum atomic E-state index is 12.5. The van der Waals surface area contributed by atoms with Crippen LogP contribution in [0.4, 0.5) is 5.69 Å². The summed E-state index contributed by atoms with van der Waals surface area (Å²) in [6, 6.07) is 6.30. The maximum absolute atomic E-state index is 12.5. The highest BCUT2D eigenvalue weighted by molar-refractivity contribution is 7.99. The van der Waals surface area contributed by atoms with Gasteiger partial charge in [0.1, 0.15) is 0 Å². The molecular formula is C17H18N4O3S. The Balaban J connectivity index is 1.80. The second-order valence-electron chi connectivity index (χ2n) is 5.91. The fraction of sp³-hybridized carbons (Fsp3) is 0.294. The number of carbonyl (C=O) groups excluding carboxylic acids is 2. The summed E-state index contributed by atoms with van der Waals surface area (Å²) >= 11 is 1.47. The molecule has 0 spiro atoms. The van der Waals surface area contributed by atoms with Crippen molar-refractivity contribution in [2.75, 3.05) is 11.1 Å². The Morgan fingerprint density at radius 3 is 2.80 bits per heavy atom. The molecule has 0 saturated heterocycles. The summed E-state index contributed by atoms with van der Waals surface area (Å²) in [5, 5.41) is 3.35. The highest BCUT2D eigenvalue weighted by atomic mass is 32.2. The summed E-state index contributed by atoms with van der Waals surface area (Å²) in [6.45, 7) is 3.54. The van der Waals surface area contributed by atoms with E-state index in [9.17, 15) is 14.4 Å². The van der Waals surface area contributed by atoms with Crippen molar-refractivity contribution < 1.29 is 9.59 Å². The molecule has 1 aliphatic heterocycles. The molecule has 0 aliphatic carbocycles. The molecule has 25 heavy (non-hydrogen) atoms. The Morgan fingerprint density at radius 1 is 1.36 bits per heavy atom. The van der Waals surface area contributed by atoms with Crippen LogP contribution in [0, 0.1) is 13.8 Å². The van der Waals surface area contributed by atoms with Crippen LogP contribution in [0.15, 0.2) is 34.2 Å². The molecule has 2 heterocycles. The number of amides is 2. The predicted octanol–water partition coefficient (Wildman–Crippen LogP) is 1.63. The zero-order valence-electron chi connectivity index (χ0n) is 13.9. The highest BCUT2D eigenvalue weighted by Gasteiger charge is 2.28. The standard InChI is InChI=1S/C17H18N4O3S/c1-9-10(2)19-17-21(16(9)24)11(8-25-17)7-14(22)20-13-6-4-3-5-12(13)15(18)23/h3-6,11H,7-8H2,1-2H3,(H2,18,23)(H,20,22). The lowest BCUT2D eigenvalue weighted by molar-refractivity contribution is -0.116. The van der Waals surface area contributed by atoms with E-state index >= 15 is 0 Å². The van der Waals surface area contributed by atoms with Gasteiger partial charge in [0, 0.05) is 23.4 Å². The van der Waals surface area contributed by atoms with Gasteiger partial charge in [-0.05, 0) is 26.0 Å².